The van der Waals surface area contributed by atoms with Crippen molar-refractivity contribution in [1.29, 1.82) is 0 Å². The van der Waals surface area contributed by atoms with Crippen molar-refractivity contribution in [1.82, 2.24) is 9.97 Å². The SMILES string of the molecule is COC(c1nccc(=O)[nH]1)C1CCCCC1. The fourth-order valence-corrected chi connectivity index (χ4v) is 2.49. The molecule has 1 aliphatic rings. The monoisotopic (exact) mass is 222 g/mol. The summed E-state index contributed by atoms with van der Waals surface area (Å²) in [5.41, 5.74) is -0.108. The zero-order chi connectivity index (χ0) is 11.4. The van der Waals surface area contributed by atoms with Crippen LogP contribution in [0.1, 0.15) is 44.0 Å². The quantitative estimate of drug-likeness (QED) is 0.851. The summed E-state index contributed by atoms with van der Waals surface area (Å²) in [6, 6.07) is 1.43. The van der Waals surface area contributed by atoms with Gasteiger partial charge < -0.3 is 9.72 Å². The van der Waals surface area contributed by atoms with Gasteiger partial charge in [0.1, 0.15) is 11.9 Å². The van der Waals surface area contributed by atoms with Crippen LogP contribution in [-0.4, -0.2) is 17.1 Å². The molecular weight excluding hydrogens is 204 g/mol. The predicted octanol–water partition coefficient (Wildman–Crippen LogP) is 2.04. The lowest BCUT2D eigenvalue weighted by molar-refractivity contribution is 0.0287. The molecule has 4 nitrogen and oxygen atoms in total. The van der Waals surface area contributed by atoms with Crippen molar-refractivity contribution in [2.45, 2.75) is 38.2 Å². The van der Waals surface area contributed by atoms with Crippen LogP contribution in [-0.2, 0) is 4.74 Å². The maximum Gasteiger partial charge on any atom is 0.250 e. The topological polar surface area (TPSA) is 55.0 Å². The molecular formula is C12H18N2O2. The van der Waals surface area contributed by atoms with Gasteiger partial charge in [0.05, 0.1) is 0 Å². The lowest BCUT2D eigenvalue weighted by Crippen LogP contribution is -2.22. The first-order valence-corrected chi connectivity index (χ1v) is 5.89. The fraction of sp³-hybridized carbons (Fsp3) is 0.667. The first-order valence-electron chi connectivity index (χ1n) is 5.89. The van der Waals surface area contributed by atoms with Crippen LogP contribution in [0, 0.1) is 5.92 Å². The zero-order valence-electron chi connectivity index (χ0n) is 9.61. The number of methoxy groups -OCH3 is 1. The van der Waals surface area contributed by atoms with Gasteiger partial charge >= 0.3 is 0 Å². The van der Waals surface area contributed by atoms with E-state index in [2.05, 4.69) is 9.97 Å². The molecule has 0 aromatic carbocycles. The van der Waals surface area contributed by atoms with Gasteiger partial charge in [-0.1, -0.05) is 19.3 Å². The summed E-state index contributed by atoms with van der Waals surface area (Å²) in [4.78, 5) is 18.2. The second-order valence-electron chi connectivity index (χ2n) is 4.37. The number of aromatic amines is 1. The molecule has 0 radical (unpaired) electrons. The third-order valence-electron chi connectivity index (χ3n) is 3.29. The molecule has 0 bridgehead atoms. The molecule has 2 rings (SSSR count). The maximum atomic E-state index is 11.2. The van der Waals surface area contributed by atoms with Gasteiger partial charge in [-0.3, -0.25) is 4.79 Å². The van der Waals surface area contributed by atoms with Crippen LogP contribution in [0.3, 0.4) is 0 Å². The lowest BCUT2D eigenvalue weighted by atomic mass is 9.85. The highest BCUT2D eigenvalue weighted by Gasteiger charge is 2.26. The van der Waals surface area contributed by atoms with Gasteiger partial charge in [0.25, 0.3) is 5.56 Å². The molecule has 1 N–H and O–H groups in total. The standard InChI is InChI=1S/C12H18N2O2/c1-16-11(9-5-3-2-4-6-9)12-13-8-7-10(15)14-12/h7-9,11H,2-6H2,1H3,(H,13,14,15). The third kappa shape index (κ3) is 2.50. The molecule has 1 aliphatic carbocycles. The highest BCUT2D eigenvalue weighted by molar-refractivity contribution is 4.96. The Bertz CT molecular complexity index is 383. The van der Waals surface area contributed by atoms with Crippen molar-refractivity contribution in [3.8, 4) is 0 Å². The molecule has 0 amide bonds. The minimum Gasteiger partial charge on any atom is -0.373 e. The van der Waals surface area contributed by atoms with E-state index in [1.165, 1.54) is 25.3 Å². The first kappa shape index (κ1) is 11.3. The minimum atomic E-state index is -0.108. The van der Waals surface area contributed by atoms with E-state index in [1.54, 1.807) is 13.3 Å². The summed E-state index contributed by atoms with van der Waals surface area (Å²) in [5.74, 6) is 1.16. The Morgan fingerprint density at radius 1 is 1.44 bits per heavy atom. The highest BCUT2D eigenvalue weighted by atomic mass is 16.5. The van der Waals surface area contributed by atoms with Crippen molar-refractivity contribution >= 4 is 0 Å². The second kappa shape index (κ2) is 5.25. The Labute approximate surface area is 95.1 Å². The van der Waals surface area contributed by atoms with E-state index < -0.39 is 0 Å². The number of ether oxygens (including phenoxy) is 1. The zero-order valence-corrected chi connectivity index (χ0v) is 9.61. The van der Waals surface area contributed by atoms with Crippen LogP contribution in [0.15, 0.2) is 17.1 Å². The van der Waals surface area contributed by atoms with Gasteiger partial charge in [-0.15, -0.1) is 0 Å². The summed E-state index contributed by atoms with van der Waals surface area (Å²) < 4.78 is 5.50. The Morgan fingerprint density at radius 2 is 2.19 bits per heavy atom. The number of aromatic nitrogens is 2. The second-order valence-corrected chi connectivity index (χ2v) is 4.37. The van der Waals surface area contributed by atoms with Crippen LogP contribution in [0.25, 0.3) is 0 Å². The third-order valence-corrected chi connectivity index (χ3v) is 3.29. The average Bonchev–Trinajstić information content (AvgIpc) is 2.31. The number of nitrogens with one attached hydrogen (secondary N) is 1. The molecule has 1 fully saturated rings. The van der Waals surface area contributed by atoms with E-state index in [4.69, 9.17) is 4.74 Å². The van der Waals surface area contributed by atoms with Crippen molar-refractivity contribution in [2.75, 3.05) is 7.11 Å². The highest BCUT2D eigenvalue weighted by Crippen LogP contribution is 2.34. The van der Waals surface area contributed by atoms with Crippen molar-refractivity contribution < 1.29 is 4.74 Å². The van der Waals surface area contributed by atoms with Gasteiger partial charge in [-0.05, 0) is 18.8 Å². The van der Waals surface area contributed by atoms with E-state index in [9.17, 15) is 4.79 Å². The molecule has 0 saturated heterocycles. The molecule has 1 unspecified atom stereocenters. The van der Waals surface area contributed by atoms with Crippen LogP contribution in [0.2, 0.25) is 0 Å². The average molecular weight is 222 g/mol. The molecule has 88 valence electrons. The fourth-order valence-electron chi connectivity index (χ4n) is 2.49. The van der Waals surface area contributed by atoms with Gasteiger partial charge in [0.2, 0.25) is 0 Å². The van der Waals surface area contributed by atoms with Gasteiger partial charge in [0.15, 0.2) is 0 Å². The molecule has 1 heterocycles. The van der Waals surface area contributed by atoms with Crippen LogP contribution in [0.5, 0.6) is 0 Å². The number of hydrogen-bond donors (Lipinski definition) is 1. The van der Waals surface area contributed by atoms with E-state index in [0.717, 1.165) is 12.8 Å². The molecule has 16 heavy (non-hydrogen) atoms. The number of hydrogen-bond acceptors (Lipinski definition) is 3. The first-order chi connectivity index (χ1) is 7.81. The molecule has 0 spiro atoms. The van der Waals surface area contributed by atoms with E-state index >= 15 is 0 Å². The Balaban J connectivity index is 2.17. The van der Waals surface area contributed by atoms with Gasteiger partial charge in [-0.2, -0.15) is 0 Å². The Morgan fingerprint density at radius 3 is 2.81 bits per heavy atom. The van der Waals surface area contributed by atoms with Crippen LogP contribution >= 0.6 is 0 Å². The van der Waals surface area contributed by atoms with Crippen molar-refractivity contribution in [3.63, 3.8) is 0 Å². The van der Waals surface area contributed by atoms with Crippen molar-refractivity contribution in [2.24, 2.45) is 5.92 Å². The Hall–Kier alpha value is -1.16. The van der Waals surface area contributed by atoms with E-state index in [1.807, 2.05) is 0 Å². The molecule has 4 heteroatoms. The summed E-state index contributed by atoms with van der Waals surface area (Å²) in [5, 5.41) is 0. The van der Waals surface area contributed by atoms with Gasteiger partial charge in [-0.25, -0.2) is 4.98 Å². The summed E-state index contributed by atoms with van der Waals surface area (Å²) >= 11 is 0. The minimum absolute atomic E-state index is 0.0609. The summed E-state index contributed by atoms with van der Waals surface area (Å²) in [6.45, 7) is 0. The number of rotatable bonds is 3. The lowest BCUT2D eigenvalue weighted by Gasteiger charge is -2.28. The van der Waals surface area contributed by atoms with E-state index in [-0.39, 0.29) is 11.7 Å². The maximum absolute atomic E-state index is 11.2. The molecule has 1 atom stereocenters. The normalized spacial score (nSPS) is 19.6. The Kier molecular flexibility index (Phi) is 3.72. The van der Waals surface area contributed by atoms with Gasteiger partial charge in [0, 0.05) is 19.4 Å². The summed E-state index contributed by atoms with van der Waals surface area (Å²) in [6.07, 6.45) is 7.63. The molecule has 1 aromatic rings. The number of H-pyrrole nitrogens is 1. The van der Waals surface area contributed by atoms with Crippen molar-refractivity contribution in [3.05, 3.63) is 28.4 Å². The largest absolute Gasteiger partial charge is 0.373 e. The molecule has 1 saturated carbocycles. The number of nitrogens with zero attached hydrogens (tertiary/aromatic N) is 1. The van der Waals surface area contributed by atoms with Crippen LogP contribution in [0.4, 0.5) is 0 Å². The molecule has 1 aromatic heterocycles. The molecule has 0 aliphatic heterocycles. The summed E-state index contributed by atoms with van der Waals surface area (Å²) in [7, 11) is 1.69. The smallest absolute Gasteiger partial charge is 0.250 e. The van der Waals surface area contributed by atoms with Crippen LogP contribution < -0.4 is 5.56 Å². The van der Waals surface area contributed by atoms with E-state index in [0.29, 0.717) is 11.7 Å². The predicted molar refractivity (Wildman–Crippen MR) is 61.2 cm³/mol.